The number of piperidine rings is 4. The van der Waals surface area contributed by atoms with Crippen LogP contribution in [0.4, 0.5) is 9.59 Å². The second-order valence-corrected chi connectivity index (χ2v) is 45.4. The van der Waals surface area contributed by atoms with Crippen molar-refractivity contribution in [1.29, 1.82) is 0 Å². The lowest BCUT2D eigenvalue weighted by molar-refractivity contribution is -0.155. The van der Waals surface area contributed by atoms with Crippen molar-refractivity contribution in [2.75, 3.05) is 119 Å². The maximum Gasteiger partial charge on any atom is 0.409 e. The Bertz CT molecular complexity index is 6300. The van der Waals surface area contributed by atoms with Crippen LogP contribution in [0.5, 0.6) is 46.0 Å². The first-order chi connectivity index (χ1) is 72.5. The standard InChI is InChI=1S/C57H74N4O11S2.C35H54ClNO6S2.C22H21N3O5/c1-38-18-19-39(36-62)40(27-38)28-54(64)72-44-29-41-15-14-16-42(30-44)60(41)21-13-11-9-7-5-6-8-10-12-17-43(63)20-25-73-74-26-24-69-57(66)59(2)22-23-61-55-47-33-52-53(71-37-70-52)34-49(47)58-35-48(55)45-31-50(67-3)51(68-4)32-46(45)56(61)65;1-27-15-16-28(26-38)29(22-27)23-34(40)43-33-24-30-12-11-13-31(25-33)37(30)18-10-8-6-4-2-3-5-7-9-14-32(39)17-20-44-45-21-19-42-35(36)41;1-23-4-5-25-21-14-8-19-20(30-11-29-19)9-16(14)24-10-15(21)12-6-17(27-2)18(28-3)7-13(12)22(25)26/h18-19,27,31-35,41-42,44,62H,5-17,20-26,28-30,36-37H2,1-4H3;15-16,22,30-31,33,38H,2-14,17-21,23-26H2,1H3;6-10,23H,4-5,11H2,1-3H3. The van der Waals surface area contributed by atoms with E-state index < -0.39 is 11.5 Å². The van der Waals surface area contributed by atoms with Crippen LogP contribution >= 0.6 is 54.8 Å². The summed E-state index contributed by atoms with van der Waals surface area (Å²) in [5, 5.41) is 28.0. The van der Waals surface area contributed by atoms with Gasteiger partial charge in [0.05, 0.1) is 87.3 Å². The zero-order valence-corrected chi connectivity index (χ0v) is 91.8. The number of aliphatic hydroxyl groups is 2. The summed E-state index contributed by atoms with van der Waals surface area (Å²) in [5.41, 5.74) is 7.22. The predicted octanol–water partition coefficient (Wildman–Crippen LogP) is 22.0. The molecule has 0 saturated carbocycles. The monoisotopic (exact) mass is 2140 g/mol. The highest BCUT2D eigenvalue weighted by atomic mass is 35.5. The number of aliphatic hydroxyl groups excluding tert-OH is 2. The van der Waals surface area contributed by atoms with Gasteiger partial charge in [0.1, 0.15) is 37.0 Å². The van der Waals surface area contributed by atoms with Crippen LogP contribution in [0.15, 0.2) is 107 Å². The minimum Gasteiger partial charge on any atom is -0.493 e. The average Bonchev–Trinajstić information content (AvgIpc) is 1.64. The second-order valence-electron chi connectivity index (χ2n) is 39.7. The van der Waals surface area contributed by atoms with E-state index in [1.807, 2.05) is 81.6 Å². The Labute approximate surface area is 894 Å². The van der Waals surface area contributed by atoms with Crippen LogP contribution in [0.3, 0.4) is 0 Å². The number of halogens is 1. The first kappa shape index (κ1) is 115. The third-order valence-corrected chi connectivity index (χ3v) is 34.3. The van der Waals surface area contributed by atoms with Crippen molar-refractivity contribution in [1.82, 2.24) is 39.1 Å². The summed E-state index contributed by atoms with van der Waals surface area (Å²) in [7, 11) is 16.2. The third kappa shape index (κ3) is 31.9. The molecule has 0 radical (unpaired) electrons. The lowest BCUT2D eigenvalue weighted by Gasteiger charge is -2.48. The van der Waals surface area contributed by atoms with Crippen LogP contribution in [0.2, 0.25) is 0 Å². The van der Waals surface area contributed by atoms with Gasteiger partial charge >= 0.3 is 23.5 Å². The molecular weight excluding hydrogens is 2000 g/mol. The Kier molecular flexibility index (Phi) is 45.2. The zero-order chi connectivity index (χ0) is 105. The van der Waals surface area contributed by atoms with E-state index in [-0.39, 0.29) is 94.6 Å². The minimum atomic E-state index is -0.769. The van der Waals surface area contributed by atoms with Gasteiger partial charge in [0.25, 0.3) is 11.1 Å². The normalized spacial score (nSPS) is 17.1. The largest absolute Gasteiger partial charge is 0.493 e. The van der Waals surface area contributed by atoms with E-state index in [9.17, 15) is 48.6 Å². The lowest BCUT2D eigenvalue weighted by atomic mass is 9.82. The van der Waals surface area contributed by atoms with Gasteiger partial charge in [-0.15, -0.1) is 0 Å². The summed E-state index contributed by atoms with van der Waals surface area (Å²) >= 11 is 5.11. The molecule has 0 aliphatic carbocycles. The predicted molar refractivity (Wildman–Crippen MR) is 593 cm³/mol. The molecule has 10 heterocycles. The van der Waals surface area contributed by atoms with E-state index >= 15 is 0 Å². The van der Waals surface area contributed by atoms with Crippen molar-refractivity contribution in [3.05, 3.63) is 151 Å². The van der Waals surface area contributed by atoms with E-state index in [1.54, 1.807) is 117 Å². The molecular formula is C114H149ClN8O22S4. The molecule has 1 amide bonds. The number of rotatable bonds is 56. The van der Waals surface area contributed by atoms with Crippen LogP contribution < -0.4 is 54.3 Å². The fraction of sp³-hybridized carbons (Fsp3) is 0.561. The number of ketones is 2. The van der Waals surface area contributed by atoms with Crippen LogP contribution in [0.1, 0.15) is 239 Å². The van der Waals surface area contributed by atoms with Crippen LogP contribution in [0.25, 0.3) is 65.2 Å². The number of hydrogen-bond acceptors (Lipinski definition) is 31. The number of likely N-dealkylation sites (N-methyl/N-ethyl adjacent to an activating group) is 2. The van der Waals surface area contributed by atoms with E-state index in [2.05, 4.69) is 24.8 Å². The number of ether oxygens (including phenoxy) is 12. The van der Waals surface area contributed by atoms with Crippen molar-refractivity contribution in [3.8, 4) is 46.0 Å². The number of aromatic nitrogens is 4. The number of nitrogens with zero attached hydrogens (tertiary/aromatic N) is 7. The number of amides is 1. The summed E-state index contributed by atoms with van der Waals surface area (Å²) in [6, 6.07) is 28.2. The smallest absolute Gasteiger partial charge is 0.409 e. The van der Waals surface area contributed by atoms with Gasteiger partial charge in [0, 0.05) is 200 Å². The van der Waals surface area contributed by atoms with Gasteiger partial charge in [0.15, 0.2) is 46.0 Å². The van der Waals surface area contributed by atoms with Gasteiger partial charge in [-0.1, -0.05) is 193 Å². The van der Waals surface area contributed by atoms with Crippen molar-refractivity contribution in [2.24, 2.45) is 0 Å². The number of carbonyl (C=O) groups excluding carboxylic acids is 6. The molecule has 149 heavy (non-hydrogen) atoms. The highest BCUT2D eigenvalue weighted by molar-refractivity contribution is 8.77. The number of unbranched alkanes of at least 4 members (excludes halogenated alkanes) is 16. The Morgan fingerprint density at radius 3 is 1.19 bits per heavy atom. The number of fused-ring (bicyclic) bond motifs is 16. The number of methoxy groups -OCH3 is 4. The average molecular weight is 2150 g/mol. The molecule has 6 aliphatic rings. The Hall–Kier alpha value is -10.0. The van der Waals surface area contributed by atoms with Gasteiger partial charge in [-0.25, -0.2) is 9.59 Å². The molecule has 0 spiro atoms. The molecule has 4 fully saturated rings. The maximum absolute atomic E-state index is 14.3. The fourth-order valence-electron chi connectivity index (χ4n) is 21.8. The Morgan fingerprint density at radius 2 is 0.805 bits per heavy atom. The number of esters is 2. The lowest BCUT2D eigenvalue weighted by Crippen LogP contribution is -2.54. The van der Waals surface area contributed by atoms with Crippen LogP contribution in [-0.2, 0) is 77.3 Å². The molecule has 3 N–H and O–H groups in total. The molecule has 808 valence electrons. The number of hydrogen-bond donors (Lipinski definition) is 3. The summed E-state index contributed by atoms with van der Waals surface area (Å²) < 4.78 is 70.1. The molecule has 35 heteroatoms. The molecule has 4 saturated heterocycles. The Balaban J connectivity index is 0.000000196. The molecule has 4 bridgehead atoms. The van der Waals surface area contributed by atoms with Gasteiger partial charge in [0.2, 0.25) is 13.6 Å². The first-order valence-corrected chi connectivity index (χ1v) is 58.7. The number of benzene rings is 6. The highest BCUT2D eigenvalue weighted by Crippen LogP contribution is 2.45. The van der Waals surface area contributed by atoms with E-state index in [4.69, 9.17) is 68.7 Å². The first-order valence-electron chi connectivity index (χ1n) is 53.3. The molecule has 10 aromatic rings. The molecule has 4 unspecified atom stereocenters. The number of carbonyl (C=O) groups is 6. The van der Waals surface area contributed by atoms with Crippen molar-refractivity contribution >= 4 is 155 Å². The number of pyridine rings is 4. The summed E-state index contributed by atoms with van der Waals surface area (Å²) in [5.74, 6) is 7.56. The van der Waals surface area contributed by atoms with Gasteiger partial charge < -0.3 is 86.4 Å². The highest BCUT2D eigenvalue weighted by Gasteiger charge is 2.42. The van der Waals surface area contributed by atoms with Crippen molar-refractivity contribution in [2.45, 2.75) is 295 Å². The van der Waals surface area contributed by atoms with E-state index in [0.717, 1.165) is 142 Å². The van der Waals surface area contributed by atoms with Gasteiger partial charge in [-0.3, -0.25) is 48.5 Å². The van der Waals surface area contributed by atoms with Crippen LogP contribution in [-0.4, -0.2) is 234 Å². The topological polar surface area (TPSA) is 345 Å². The van der Waals surface area contributed by atoms with Gasteiger partial charge in [-0.05, 0) is 144 Å². The fourth-order valence-corrected chi connectivity index (χ4v) is 25.6. The molecule has 6 aliphatic heterocycles. The summed E-state index contributed by atoms with van der Waals surface area (Å²) in [6.07, 6.45) is 38.7. The summed E-state index contributed by atoms with van der Waals surface area (Å²) in [4.78, 5) is 118. The number of Topliss-reactive ketones (excluding diaryl/α,β-unsaturated/α-hetero) is 2. The second kappa shape index (κ2) is 58.7. The quantitative estimate of drug-likeness (QED) is 0.00796. The molecule has 16 rings (SSSR count). The summed E-state index contributed by atoms with van der Waals surface area (Å²) in [6.45, 7) is 8.53. The van der Waals surface area contributed by atoms with E-state index in [0.29, 0.717) is 171 Å². The maximum atomic E-state index is 14.3. The SMILES string of the molecule is CNCCn1c(=O)c2cc(OC)c(OC)cc2c2cnc3cc4c(cc3c21)OCO4.COc1cc2c(=O)n(CCN(C)C(=O)OCCSSCCC(=O)CCCCCCCCCCCN3C4CCCC3CC(OC(=O)Cc3cc(C)ccc3CO)C4)c3c4cc5c(cc4ncc3c2cc1OC)OCO5.Cc1ccc(CO)c(CC(=O)OC2CC3CCCC(C2)N3CCCCCCCCCCCC(=O)CCSSCCOC(=O)Cl)c1. The zero-order valence-electron chi connectivity index (χ0n) is 87.8. The number of nitrogens with one attached hydrogen (secondary N) is 1. The molecule has 4 atom stereocenters. The molecule has 6 aromatic carbocycles. The van der Waals surface area contributed by atoms with E-state index in [1.165, 1.54) is 140 Å². The minimum absolute atomic E-state index is 0.00919. The number of aryl methyl sites for hydroxylation is 2. The third-order valence-electron chi connectivity index (χ3n) is 29.5. The van der Waals surface area contributed by atoms with Gasteiger partial charge in [-0.2, -0.15) is 0 Å². The Morgan fingerprint density at radius 1 is 0.436 bits per heavy atom. The van der Waals surface area contributed by atoms with Crippen molar-refractivity contribution < 1.29 is 95.8 Å². The molecule has 30 nitrogen and oxygen atoms in total. The van der Waals surface area contributed by atoms with Crippen molar-refractivity contribution in [3.63, 3.8) is 0 Å². The molecule has 4 aromatic heterocycles. The van der Waals surface area contributed by atoms with Crippen LogP contribution in [0, 0.1) is 13.8 Å².